The molecule has 1 saturated heterocycles. The van der Waals surface area contributed by atoms with Crippen molar-refractivity contribution in [2.45, 2.75) is 32.2 Å². The van der Waals surface area contributed by atoms with Crippen molar-refractivity contribution in [3.63, 3.8) is 0 Å². The molecular weight excluding hydrogens is 234 g/mol. The minimum absolute atomic E-state index is 0.260. The first-order valence-corrected chi connectivity index (χ1v) is 6.24. The Labute approximate surface area is 105 Å². The van der Waals surface area contributed by atoms with Crippen LogP contribution < -0.4 is 11.2 Å². The Hall–Kier alpha value is -1.56. The van der Waals surface area contributed by atoms with Gasteiger partial charge in [0, 0.05) is 6.54 Å². The second kappa shape index (κ2) is 4.61. The zero-order valence-corrected chi connectivity index (χ0v) is 10.8. The van der Waals surface area contributed by atoms with Crippen molar-refractivity contribution in [1.82, 2.24) is 14.5 Å². The van der Waals surface area contributed by atoms with Gasteiger partial charge in [0.1, 0.15) is 0 Å². The first-order chi connectivity index (χ1) is 8.46. The summed E-state index contributed by atoms with van der Waals surface area (Å²) >= 11 is 0. The molecule has 1 atom stereocenters. The summed E-state index contributed by atoms with van der Waals surface area (Å²) in [5.41, 5.74) is -1.58. The van der Waals surface area contributed by atoms with Crippen LogP contribution in [0.3, 0.4) is 0 Å². The third kappa shape index (κ3) is 2.20. The molecule has 1 aliphatic rings. The van der Waals surface area contributed by atoms with Crippen LogP contribution >= 0.6 is 0 Å². The van der Waals surface area contributed by atoms with Crippen LogP contribution in [-0.4, -0.2) is 39.2 Å². The quantitative estimate of drug-likeness (QED) is 0.782. The largest absolute Gasteiger partial charge is 0.494 e. The van der Waals surface area contributed by atoms with E-state index in [9.17, 15) is 14.7 Å². The lowest BCUT2D eigenvalue weighted by Crippen LogP contribution is -2.52. The lowest BCUT2D eigenvalue weighted by molar-refractivity contribution is 0.102. The summed E-state index contributed by atoms with van der Waals surface area (Å²) in [7, 11) is 0. The smallest absolute Gasteiger partial charge is 0.331 e. The van der Waals surface area contributed by atoms with Crippen molar-refractivity contribution in [1.29, 1.82) is 0 Å². The Morgan fingerprint density at radius 1 is 1.50 bits per heavy atom. The number of nitrogens with one attached hydrogen (secondary N) is 1. The molecule has 2 rings (SSSR count). The topological polar surface area (TPSA) is 78.3 Å². The molecule has 0 aromatic carbocycles. The van der Waals surface area contributed by atoms with Gasteiger partial charge in [0.25, 0.3) is 5.56 Å². The van der Waals surface area contributed by atoms with Gasteiger partial charge in [-0.1, -0.05) is 6.92 Å². The Bertz CT molecular complexity index is 548. The summed E-state index contributed by atoms with van der Waals surface area (Å²) in [5.74, 6) is -0.260. The highest BCUT2D eigenvalue weighted by atomic mass is 16.3. The molecule has 18 heavy (non-hydrogen) atoms. The average molecular weight is 253 g/mol. The molecule has 0 saturated carbocycles. The standard InChI is InChI=1S/C12H19N3O3/c1-3-14-6-4-5-12(2,8-14)15-10(17)7-9(16)13-11(15)18/h7,17H,3-6,8H2,1-2H3,(H,13,16,18). The number of rotatable bonds is 2. The zero-order chi connectivity index (χ0) is 13.3. The summed E-state index contributed by atoms with van der Waals surface area (Å²) in [4.78, 5) is 27.5. The van der Waals surface area contributed by atoms with Gasteiger partial charge in [0.05, 0.1) is 11.6 Å². The first-order valence-electron chi connectivity index (χ1n) is 6.24. The number of hydrogen-bond acceptors (Lipinski definition) is 4. The summed E-state index contributed by atoms with van der Waals surface area (Å²) in [5, 5.41) is 9.87. The van der Waals surface area contributed by atoms with E-state index >= 15 is 0 Å². The van der Waals surface area contributed by atoms with Crippen LogP contribution in [0.1, 0.15) is 26.7 Å². The normalized spacial score (nSPS) is 25.2. The third-order valence-electron chi connectivity index (χ3n) is 3.66. The SMILES string of the molecule is CCN1CCCC(C)(n2c(O)cc(=O)[nH]c2=O)C1. The van der Waals surface area contributed by atoms with Crippen LogP contribution in [-0.2, 0) is 5.54 Å². The number of H-pyrrole nitrogens is 1. The van der Waals surface area contributed by atoms with Crippen molar-refractivity contribution in [2.24, 2.45) is 0 Å². The number of aromatic amines is 1. The van der Waals surface area contributed by atoms with Crippen LogP contribution in [0.15, 0.2) is 15.7 Å². The molecule has 1 fully saturated rings. The van der Waals surface area contributed by atoms with E-state index in [1.165, 1.54) is 4.57 Å². The minimum atomic E-state index is -0.569. The highest BCUT2D eigenvalue weighted by molar-refractivity contribution is 5.11. The molecule has 1 aromatic heterocycles. The summed E-state index contributed by atoms with van der Waals surface area (Å²) < 4.78 is 1.30. The van der Waals surface area contributed by atoms with Crippen LogP contribution in [0, 0.1) is 0 Å². The van der Waals surface area contributed by atoms with Gasteiger partial charge in [-0.25, -0.2) is 4.79 Å². The van der Waals surface area contributed by atoms with Crippen LogP contribution in [0.5, 0.6) is 5.88 Å². The number of likely N-dealkylation sites (tertiary alicyclic amines) is 1. The van der Waals surface area contributed by atoms with Crippen molar-refractivity contribution in [3.8, 4) is 5.88 Å². The number of nitrogens with zero attached hydrogens (tertiary/aromatic N) is 2. The number of hydrogen-bond donors (Lipinski definition) is 2. The molecule has 2 N–H and O–H groups in total. The van der Waals surface area contributed by atoms with Gasteiger partial charge in [-0.2, -0.15) is 0 Å². The first kappa shape index (κ1) is 12.9. The molecule has 0 bridgehead atoms. The van der Waals surface area contributed by atoms with E-state index in [4.69, 9.17) is 0 Å². The van der Waals surface area contributed by atoms with Crippen LogP contribution in [0.2, 0.25) is 0 Å². The van der Waals surface area contributed by atoms with E-state index < -0.39 is 16.8 Å². The van der Waals surface area contributed by atoms with Gasteiger partial charge in [0.15, 0.2) is 0 Å². The fraction of sp³-hybridized carbons (Fsp3) is 0.667. The van der Waals surface area contributed by atoms with Gasteiger partial charge in [-0.15, -0.1) is 0 Å². The Morgan fingerprint density at radius 2 is 2.22 bits per heavy atom. The second-order valence-electron chi connectivity index (χ2n) is 5.10. The highest BCUT2D eigenvalue weighted by Crippen LogP contribution is 2.29. The van der Waals surface area contributed by atoms with E-state index in [1.54, 1.807) is 0 Å². The molecule has 6 heteroatoms. The molecule has 100 valence electrons. The molecule has 0 spiro atoms. The number of piperidine rings is 1. The van der Waals surface area contributed by atoms with Crippen molar-refractivity contribution >= 4 is 0 Å². The molecule has 2 heterocycles. The van der Waals surface area contributed by atoms with E-state index in [0.717, 1.165) is 32.0 Å². The maximum atomic E-state index is 11.9. The minimum Gasteiger partial charge on any atom is -0.494 e. The van der Waals surface area contributed by atoms with E-state index in [-0.39, 0.29) is 5.88 Å². The molecule has 0 aliphatic carbocycles. The molecule has 0 amide bonds. The highest BCUT2D eigenvalue weighted by Gasteiger charge is 2.34. The zero-order valence-electron chi connectivity index (χ0n) is 10.8. The molecule has 1 aromatic rings. The van der Waals surface area contributed by atoms with Gasteiger partial charge in [-0.3, -0.25) is 14.3 Å². The molecular formula is C12H19N3O3. The average Bonchev–Trinajstić information content (AvgIpc) is 2.27. The second-order valence-corrected chi connectivity index (χ2v) is 5.10. The maximum absolute atomic E-state index is 11.9. The Kier molecular flexibility index (Phi) is 3.30. The molecule has 6 nitrogen and oxygen atoms in total. The maximum Gasteiger partial charge on any atom is 0.331 e. The van der Waals surface area contributed by atoms with Gasteiger partial charge < -0.3 is 10.0 Å². The van der Waals surface area contributed by atoms with Crippen molar-refractivity contribution in [3.05, 3.63) is 26.9 Å². The number of aromatic nitrogens is 2. The lowest BCUT2D eigenvalue weighted by Gasteiger charge is -2.41. The predicted molar refractivity (Wildman–Crippen MR) is 68.0 cm³/mol. The summed E-state index contributed by atoms with van der Waals surface area (Å²) in [6.07, 6.45) is 1.78. The van der Waals surface area contributed by atoms with Gasteiger partial charge >= 0.3 is 5.69 Å². The Balaban J connectivity index is 2.47. The third-order valence-corrected chi connectivity index (χ3v) is 3.66. The Morgan fingerprint density at radius 3 is 2.83 bits per heavy atom. The van der Waals surface area contributed by atoms with E-state index in [1.807, 2.05) is 6.92 Å². The van der Waals surface area contributed by atoms with Crippen LogP contribution in [0.25, 0.3) is 0 Å². The van der Waals surface area contributed by atoms with Gasteiger partial charge in [0.2, 0.25) is 5.88 Å². The monoisotopic (exact) mass is 253 g/mol. The number of likely N-dealkylation sites (N-methyl/N-ethyl adjacent to an activating group) is 1. The van der Waals surface area contributed by atoms with Gasteiger partial charge in [-0.05, 0) is 32.9 Å². The van der Waals surface area contributed by atoms with Crippen LogP contribution in [0.4, 0.5) is 0 Å². The fourth-order valence-electron chi connectivity index (χ4n) is 2.78. The predicted octanol–water partition coefficient (Wildman–Crippen LogP) is 0.0731. The van der Waals surface area contributed by atoms with Crippen molar-refractivity contribution < 1.29 is 5.11 Å². The summed E-state index contributed by atoms with van der Waals surface area (Å²) in [6, 6.07) is 1.05. The molecule has 0 radical (unpaired) electrons. The molecule has 1 aliphatic heterocycles. The summed E-state index contributed by atoms with van der Waals surface area (Å²) in [6.45, 7) is 6.62. The van der Waals surface area contributed by atoms with Crippen molar-refractivity contribution in [2.75, 3.05) is 19.6 Å². The number of aromatic hydroxyl groups is 1. The fourth-order valence-corrected chi connectivity index (χ4v) is 2.78. The molecule has 1 unspecified atom stereocenters. The van der Waals surface area contributed by atoms with E-state index in [2.05, 4.69) is 16.8 Å². The lowest BCUT2D eigenvalue weighted by atomic mass is 9.90. The van der Waals surface area contributed by atoms with E-state index in [0.29, 0.717) is 6.54 Å².